The molecule has 0 aliphatic carbocycles. The van der Waals surface area contributed by atoms with Crippen LogP contribution in [0.25, 0.3) is 0 Å². The fourth-order valence-electron chi connectivity index (χ4n) is 1.93. The summed E-state index contributed by atoms with van der Waals surface area (Å²) < 4.78 is 0. The van der Waals surface area contributed by atoms with E-state index in [2.05, 4.69) is 10.6 Å². The number of hydrogen-bond acceptors (Lipinski definition) is 4. The molecule has 2 heterocycles. The molecule has 2 aliphatic heterocycles. The van der Waals surface area contributed by atoms with E-state index in [0.717, 1.165) is 12.0 Å². The summed E-state index contributed by atoms with van der Waals surface area (Å²) in [5.74, 6) is -2.70. The summed E-state index contributed by atoms with van der Waals surface area (Å²) in [4.78, 5) is 18.2. The number of fused-ring (bicyclic) bond motifs is 1. The third-order valence-corrected chi connectivity index (χ3v) is 2.68. The summed E-state index contributed by atoms with van der Waals surface area (Å²) in [7, 11) is 0. The highest BCUT2D eigenvalue weighted by molar-refractivity contribution is 6.27. The Morgan fingerprint density at radius 3 is 2.33 bits per heavy atom. The monoisotopic (exact) mass is 216 g/mol. The molecule has 0 saturated carbocycles. The van der Waals surface area contributed by atoms with Crippen molar-refractivity contribution in [3.05, 3.63) is 0 Å². The number of rotatable bonds is 0. The summed E-state index contributed by atoms with van der Waals surface area (Å²) >= 11 is 0. The summed E-state index contributed by atoms with van der Waals surface area (Å²) in [5.41, 5.74) is 0. The van der Waals surface area contributed by atoms with Crippen LogP contribution >= 0.6 is 0 Å². The van der Waals surface area contributed by atoms with Crippen LogP contribution in [0, 0.1) is 5.92 Å². The Morgan fingerprint density at radius 2 is 1.80 bits per heavy atom. The minimum absolute atomic E-state index is 0.804. The van der Waals surface area contributed by atoms with Crippen molar-refractivity contribution in [3.63, 3.8) is 0 Å². The molecule has 4 N–H and O–H groups in total. The zero-order valence-electron chi connectivity index (χ0n) is 8.40. The van der Waals surface area contributed by atoms with Crippen LogP contribution in [-0.4, -0.2) is 47.8 Å². The lowest BCUT2D eigenvalue weighted by Crippen LogP contribution is -2.40. The molecule has 2 atom stereocenters. The Labute approximate surface area is 87.7 Å². The zero-order chi connectivity index (χ0) is 11.3. The van der Waals surface area contributed by atoms with Crippen molar-refractivity contribution in [2.75, 3.05) is 19.6 Å². The molecule has 0 amide bonds. The van der Waals surface area contributed by atoms with E-state index in [0.29, 0.717) is 0 Å². The summed E-state index contributed by atoms with van der Waals surface area (Å²) in [6, 6.07) is 0.804. The fraction of sp³-hybridized carbons (Fsp3) is 0.778. The smallest absolute Gasteiger partial charge is 0.414 e. The second-order valence-electron chi connectivity index (χ2n) is 3.73. The number of carboxylic acid groups (broad SMARTS) is 2. The largest absolute Gasteiger partial charge is 0.473 e. The minimum Gasteiger partial charge on any atom is -0.473 e. The molecule has 2 aliphatic rings. The first-order chi connectivity index (χ1) is 7.11. The number of carbonyl (C=O) groups is 2. The molecule has 2 saturated heterocycles. The lowest BCUT2D eigenvalue weighted by atomic mass is 9.94. The second kappa shape index (κ2) is 5.67. The first-order valence-electron chi connectivity index (χ1n) is 5.01. The maximum absolute atomic E-state index is 9.10. The van der Waals surface area contributed by atoms with Gasteiger partial charge in [-0.1, -0.05) is 0 Å². The standard InChI is InChI=1S/C7H14N2.C2H2O4/c1-2-6-4-8-5-7(6)9-3-1;3-1(4)2(5)6/h6-9H,1-5H2;(H,3,4)(H,5,6)/t6-,7+;/m0./s1. The van der Waals surface area contributed by atoms with Gasteiger partial charge >= 0.3 is 11.9 Å². The van der Waals surface area contributed by atoms with Gasteiger partial charge in [-0.25, -0.2) is 9.59 Å². The van der Waals surface area contributed by atoms with E-state index < -0.39 is 11.9 Å². The fourth-order valence-corrected chi connectivity index (χ4v) is 1.93. The predicted molar refractivity (Wildman–Crippen MR) is 52.7 cm³/mol. The van der Waals surface area contributed by atoms with Crippen molar-refractivity contribution in [1.82, 2.24) is 10.6 Å². The number of hydrogen-bond donors (Lipinski definition) is 4. The molecule has 0 aromatic rings. The number of nitrogens with one attached hydrogen (secondary N) is 2. The zero-order valence-corrected chi connectivity index (χ0v) is 8.40. The molecule has 2 fully saturated rings. The first-order valence-corrected chi connectivity index (χ1v) is 5.01. The molecular weight excluding hydrogens is 200 g/mol. The molecule has 86 valence electrons. The van der Waals surface area contributed by atoms with Gasteiger partial charge in [-0.3, -0.25) is 0 Å². The van der Waals surface area contributed by atoms with Gasteiger partial charge < -0.3 is 20.8 Å². The van der Waals surface area contributed by atoms with E-state index in [1.165, 1.54) is 32.5 Å². The van der Waals surface area contributed by atoms with Gasteiger partial charge in [0.2, 0.25) is 0 Å². The second-order valence-corrected chi connectivity index (χ2v) is 3.73. The quantitative estimate of drug-likeness (QED) is 0.392. The van der Waals surface area contributed by atoms with Crippen molar-refractivity contribution in [1.29, 1.82) is 0 Å². The Morgan fingerprint density at radius 1 is 1.13 bits per heavy atom. The van der Waals surface area contributed by atoms with Crippen LogP contribution in [0.3, 0.4) is 0 Å². The van der Waals surface area contributed by atoms with Crippen LogP contribution in [0.1, 0.15) is 12.8 Å². The molecule has 0 aromatic heterocycles. The Bertz CT molecular complexity index is 220. The summed E-state index contributed by atoms with van der Waals surface area (Å²) in [6.45, 7) is 3.69. The minimum atomic E-state index is -1.82. The normalized spacial score (nSPS) is 28.5. The van der Waals surface area contributed by atoms with Gasteiger partial charge in [0.15, 0.2) is 0 Å². The third kappa shape index (κ3) is 3.85. The van der Waals surface area contributed by atoms with E-state index in [1.54, 1.807) is 0 Å². The summed E-state index contributed by atoms with van der Waals surface area (Å²) in [6.07, 6.45) is 2.81. The van der Waals surface area contributed by atoms with E-state index in [4.69, 9.17) is 19.8 Å². The SMILES string of the molecule is C1CN[C@@H]2CNC[C@@H]2C1.O=C(O)C(=O)O. The van der Waals surface area contributed by atoms with Gasteiger partial charge in [0, 0.05) is 12.6 Å². The molecular formula is C9H16N2O4. The number of carboxylic acids is 2. The lowest BCUT2D eigenvalue weighted by Gasteiger charge is -2.24. The predicted octanol–water partition coefficient (Wildman–Crippen LogP) is -0.887. The molecule has 0 bridgehead atoms. The van der Waals surface area contributed by atoms with E-state index in [9.17, 15) is 0 Å². The highest BCUT2D eigenvalue weighted by atomic mass is 16.4. The van der Waals surface area contributed by atoms with Crippen LogP contribution in [0.4, 0.5) is 0 Å². The summed E-state index contributed by atoms with van der Waals surface area (Å²) in [5, 5.41) is 21.7. The van der Waals surface area contributed by atoms with E-state index >= 15 is 0 Å². The van der Waals surface area contributed by atoms with Crippen LogP contribution in [-0.2, 0) is 9.59 Å². The van der Waals surface area contributed by atoms with Gasteiger partial charge in [-0.2, -0.15) is 0 Å². The molecule has 15 heavy (non-hydrogen) atoms. The number of aliphatic carboxylic acids is 2. The van der Waals surface area contributed by atoms with Crippen molar-refractivity contribution >= 4 is 11.9 Å². The van der Waals surface area contributed by atoms with Crippen molar-refractivity contribution in [2.45, 2.75) is 18.9 Å². The highest BCUT2D eigenvalue weighted by Gasteiger charge is 2.28. The van der Waals surface area contributed by atoms with Crippen LogP contribution in [0.15, 0.2) is 0 Å². The van der Waals surface area contributed by atoms with Crippen LogP contribution < -0.4 is 10.6 Å². The lowest BCUT2D eigenvalue weighted by molar-refractivity contribution is -0.159. The van der Waals surface area contributed by atoms with E-state index in [-0.39, 0.29) is 0 Å². The number of piperidine rings is 1. The maximum Gasteiger partial charge on any atom is 0.414 e. The van der Waals surface area contributed by atoms with Gasteiger partial charge in [-0.15, -0.1) is 0 Å². The van der Waals surface area contributed by atoms with Gasteiger partial charge in [0.05, 0.1) is 0 Å². The van der Waals surface area contributed by atoms with Crippen LogP contribution in [0.5, 0.6) is 0 Å². The van der Waals surface area contributed by atoms with Crippen LogP contribution in [0.2, 0.25) is 0 Å². The first kappa shape index (κ1) is 11.9. The van der Waals surface area contributed by atoms with Gasteiger partial charge in [-0.05, 0) is 31.8 Å². The molecule has 0 unspecified atom stereocenters. The molecule has 6 nitrogen and oxygen atoms in total. The third-order valence-electron chi connectivity index (χ3n) is 2.68. The molecule has 2 rings (SSSR count). The molecule has 0 spiro atoms. The molecule has 6 heteroatoms. The Kier molecular flexibility index (Phi) is 4.51. The Hall–Kier alpha value is -1.14. The Balaban J connectivity index is 0.000000167. The van der Waals surface area contributed by atoms with Crippen molar-refractivity contribution in [2.24, 2.45) is 5.92 Å². The highest BCUT2D eigenvalue weighted by Crippen LogP contribution is 2.18. The van der Waals surface area contributed by atoms with E-state index in [1.807, 2.05) is 0 Å². The average molecular weight is 216 g/mol. The average Bonchev–Trinajstić information content (AvgIpc) is 2.66. The topological polar surface area (TPSA) is 98.7 Å². The van der Waals surface area contributed by atoms with Gasteiger partial charge in [0.1, 0.15) is 0 Å². The van der Waals surface area contributed by atoms with Crippen molar-refractivity contribution in [3.8, 4) is 0 Å². The molecule has 0 aromatic carbocycles. The van der Waals surface area contributed by atoms with Gasteiger partial charge in [0.25, 0.3) is 0 Å². The van der Waals surface area contributed by atoms with Crippen molar-refractivity contribution < 1.29 is 19.8 Å². The molecule has 0 radical (unpaired) electrons. The maximum atomic E-state index is 9.10.